The first-order valence-corrected chi connectivity index (χ1v) is 7.52. The average molecular weight is 292 g/mol. The SMILES string of the molecule is CCC(C)(C)C(=O)OC(C)OC1CCOc2ccccc21. The zero-order valence-corrected chi connectivity index (χ0v) is 13.2. The molecule has 0 spiro atoms. The Morgan fingerprint density at radius 2 is 2.14 bits per heavy atom. The molecule has 1 heterocycles. The first-order chi connectivity index (χ1) is 9.94. The van der Waals surface area contributed by atoms with Gasteiger partial charge in [0.1, 0.15) is 5.75 Å². The second-order valence-corrected chi connectivity index (χ2v) is 6.01. The fourth-order valence-electron chi connectivity index (χ4n) is 2.16. The van der Waals surface area contributed by atoms with Gasteiger partial charge in [0.15, 0.2) is 0 Å². The zero-order valence-electron chi connectivity index (χ0n) is 13.2. The molecule has 1 aliphatic heterocycles. The lowest BCUT2D eigenvalue weighted by Gasteiger charge is -2.29. The van der Waals surface area contributed by atoms with E-state index in [1.54, 1.807) is 6.92 Å². The van der Waals surface area contributed by atoms with E-state index in [2.05, 4.69) is 0 Å². The van der Waals surface area contributed by atoms with Crippen LogP contribution >= 0.6 is 0 Å². The Morgan fingerprint density at radius 3 is 2.86 bits per heavy atom. The summed E-state index contributed by atoms with van der Waals surface area (Å²) < 4.78 is 16.9. The van der Waals surface area contributed by atoms with Crippen molar-refractivity contribution in [3.05, 3.63) is 29.8 Å². The molecular formula is C17H24O4. The summed E-state index contributed by atoms with van der Waals surface area (Å²) in [6.07, 6.45) is 0.830. The van der Waals surface area contributed by atoms with E-state index >= 15 is 0 Å². The van der Waals surface area contributed by atoms with Crippen molar-refractivity contribution < 1.29 is 19.0 Å². The van der Waals surface area contributed by atoms with Crippen LogP contribution in [0.5, 0.6) is 5.75 Å². The van der Waals surface area contributed by atoms with Gasteiger partial charge in [-0.05, 0) is 33.3 Å². The van der Waals surface area contributed by atoms with E-state index in [4.69, 9.17) is 14.2 Å². The first-order valence-electron chi connectivity index (χ1n) is 7.52. The molecular weight excluding hydrogens is 268 g/mol. The lowest BCUT2D eigenvalue weighted by atomic mass is 9.91. The van der Waals surface area contributed by atoms with Crippen LogP contribution in [-0.2, 0) is 14.3 Å². The molecule has 0 N–H and O–H groups in total. The van der Waals surface area contributed by atoms with Crippen molar-refractivity contribution in [2.24, 2.45) is 5.41 Å². The van der Waals surface area contributed by atoms with Crippen molar-refractivity contribution in [3.63, 3.8) is 0 Å². The third-order valence-electron chi connectivity index (χ3n) is 3.97. The van der Waals surface area contributed by atoms with Crippen molar-refractivity contribution in [1.82, 2.24) is 0 Å². The largest absolute Gasteiger partial charge is 0.493 e. The Balaban J connectivity index is 1.98. The van der Waals surface area contributed by atoms with Crippen LogP contribution in [0.15, 0.2) is 24.3 Å². The van der Waals surface area contributed by atoms with Crippen molar-refractivity contribution in [1.29, 1.82) is 0 Å². The number of rotatable bonds is 5. The third kappa shape index (κ3) is 3.76. The number of ether oxygens (including phenoxy) is 3. The fraction of sp³-hybridized carbons (Fsp3) is 0.588. The molecule has 2 unspecified atom stereocenters. The minimum absolute atomic E-state index is 0.0949. The highest BCUT2D eigenvalue weighted by Gasteiger charge is 2.30. The molecule has 4 heteroatoms. The van der Waals surface area contributed by atoms with Crippen molar-refractivity contribution >= 4 is 5.97 Å². The molecule has 0 saturated carbocycles. The van der Waals surface area contributed by atoms with Gasteiger partial charge in [-0.2, -0.15) is 0 Å². The smallest absolute Gasteiger partial charge is 0.313 e. The number of fused-ring (bicyclic) bond motifs is 1. The Hall–Kier alpha value is -1.55. The molecule has 0 saturated heterocycles. The molecule has 0 bridgehead atoms. The van der Waals surface area contributed by atoms with Crippen LogP contribution in [0.3, 0.4) is 0 Å². The number of esters is 1. The van der Waals surface area contributed by atoms with Crippen LogP contribution in [0.25, 0.3) is 0 Å². The van der Waals surface area contributed by atoms with Gasteiger partial charge >= 0.3 is 5.97 Å². The molecule has 116 valence electrons. The molecule has 0 fully saturated rings. The molecule has 21 heavy (non-hydrogen) atoms. The van der Waals surface area contributed by atoms with Crippen LogP contribution in [0.2, 0.25) is 0 Å². The van der Waals surface area contributed by atoms with Gasteiger partial charge in [-0.1, -0.05) is 25.1 Å². The summed E-state index contributed by atoms with van der Waals surface area (Å²) in [5.74, 6) is 0.624. The van der Waals surface area contributed by atoms with Gasteiger partial charge in [-0.3, -0.25) is 4.79 Å². The van der Waals surface area contributed by atoms with Gasteiger partial charge in [0, 0.05) is 12.0 Å². The van der Waals surface area contributed by atoms with Crippen molar-refractivity contribution in [2.75, 3.05) is 6.61 Å². The minimum Gasteiger partial charge on any atom is -0.493 e. The number of carbonyl (C=O) groups is 1. The second kappa shape index (κ2) is 6.48. The predicted molar refractivity (Wildman–Crippen MR) is 80.0 cm³/mol. The van der Waals surface area contributed by atoms with Crippen molar-refractivity contribution in [3.8, 4) is 5.75 Å². The Bertz CT molecular complexity index is 495. The van der Waals surface area contributed by atoms with Crippen LogP contribution < -0.4 is 4.74 Å². The molecule has 1 aromatic carbocycles. The highest BCUT2D eigenvalue weighted by Crippen LogP contribution is 2.35. The summed E-state index contributed by atoms with van der Waals surface area (Å²) in [7, 11) is 0. The Kier molecular flexibility index (Phi) is 4.88. The number of para-hydroxylation sites is 1. The summed E-state index contributed by atoms with van der Waals surface area (Å²) in [5.41, 5.74) is 0.534. The van der Waals surface area contributed by atoms with Crippen molar-refractivity contribution in [2.45, 2.75) is 52.9 Å². The molecule has 2 rings (SSSR count). The van der Waals surface area contributed by atoms with E-state index in [0.717, 1.165) is 24.2 Å². The van der Waals surface area contributed by atoms with E-state index in [0.29, 0.717) is 6.61 Å². The summed E-state index contributed by atoms with van der Waals surface area (Å²) in [6, 6.07) is 7.82. The predicted octanol–water partition coefficient (Wildman–Crippen LogP) is 3.85. The number of carbonyl (C=O) groups excluding carboxylic acids is 1. The van der Waals surface area contributed by atoms with Gasteiger partial charge in [0.25, 0.3) is 0 Å². The molecule has 4 nitrogen and oxygen atoms in total. The average Bonchev–Trinajstić information content (AvgIpc) is 2.47. The first kappa shape index (κ1) is 15.8. The van der Waals surface area contributed by atoms with Gasteiger partial charge in [0.2, 0.25) is 6.29 Å². The maximum Gasteiger partial charge on any atom is 0.313 e. The van der Waals surface area contributed by atoms with Crippen LogP contribution in [-0.4, -0.2) is 18.9 Å². The molecule has 2 atom stereocenters. The van der Waals surface area contributed by atoms with E-state index in [-0.39, 0.29) is 12.1 Å². The molecule has 0 aromatic heterocycles. The number of hydrogen-bond acceptors (Lipinski definition) is 4. The highest BCUT2D eigenvalue weighted by atomic mass is 16.7. The Labute approximate surface area is 126 Å². The molecule has 0 radical (unpaired) electrons. The van der Waals surface area contributed by atoms with Gasteiger partial charge in [0.05, 0.1) is 18.1 Å². The molecule has 1 aliphatic rings. The number of hydrogen-bond donors (Lipinski definition) is 0. The normalized spacial score (nSPS) is 19.3. The molecule has 0 amide bonds. The topological polar surface area (TPSA) is 44.8 Å². The highest BCUT2D eigenvalue weighted by molar-refractivity contribution is 5.75. The van der Waals surface area contributed by atoms with E-state index in [9.17, 15) is 4.79 Å². The zero-order chi connectivity index (χ0) is 15.5. The standard InChI is InChI=1S/C17H24O4/c1-5-17(3,4)16(18)21-12(2)20-15-10-11-19-14-9-7-6-8-13(14)15/h6-9,12,15H,5,10-11H2,1-4H3. The third-order valence-corrected chi connectivity index (χ3v) is 3.97. The monoisotopic (exact) mass is 292 g/mol. The summed E-state index contributed by atoms with van der Waals surface area (Å²) in [5, 5.41) is 0. The quantitative estimate of drug-likeness (QED) is 0.611. The maximum atomic E-state index is 12.1. The lowest BCUT2D eigenvalue weighted by Crippen LogP contribution is -2.31. The van der Waals surface area contributed by atoms with E-state index < -0.39 is 11.7 Å². The lowest BCUT2D eigenvalue weighted by molar-refractivity contribution is -0.197. The van der Waals surface area contributed by atoms with E-state index in [1.807, 2.05) is 45.0 Å². The Morgan fingerprint density at radius 1 is 1.43 bits per heavy atom. The number of benzene rings is 1. The minimum atomic E-state index is -0.570. The van der Waals surface area contributed by atoms with Crippen LogP contribution in [0, 0.1) is 5.41 Å². The van der Waals surface area contributed by atoms with Gasteiger partial charge in [-0.25, -0.2) is 0 Å². The fourth-order valence-corrected chi connectivity index (χ4v) is 2.16. The maximum absolute atomic E-state index is 12.1. The van der Waals surface area contributed by atoms with E-state index in [1.165, 1.54) is 0 Å². The summed E-state index contributed by atoms with van der Waals surface area (Å²) in [4.78, 5) is 12.1. The van der Waals surface area contributed by atoms with Gasteiger partial charge < -0.3 is 14.2 Å². The molecule has 0 aliphatic carbocycles. The molecule has 1 aromatic rings. The van der Waals surface area contributed by atoms with Gasteiger partial charge in [-0.15, -0.1) is 0 Å². The van der Waals surface area contributed by atoms with Crippen LogP contribution in [0.1, 0.15) is 52.2 Å². The summed E-state index contributed by atoms with van der Waals surface area (Å²) in [6.45, 7) is 8.11. The summed E-state index contributed by atoms with van der Waals surface area (Å²) >= 11 is 0. The second-order valence-electron chi connectivity index (χ2n) is 6.01. The van der Waals surface area contributed by atoms with Crippen LogP contribution in [0.4, 0.5) is 0 Å².